The van der Waals surface area contributed by atoms with Crippen LogP contribution in [0.15, 0.2) is 36.4 Å². The first kappa shape index (κ1) is 27.2. The van der Waals surface area contributed by atoms with Gasteiger partial charge in [0.1, 0.15) is 6.04 Å². The summed E-state index contributed by atoms with van der Waals surface area (Å²) >= 11 is 12.5. The van der Waals surface area contributed by atoms with Crippen molar-refractivity contribution in [2.75, 3.05) is 14.2 Å². The number of carbonyl (C=O) groups is 2. The summed E-state index contributed by atoms with van der Waals surface area (Å²) in [6.07, 6.45) is 5.47. The van der Waals surface area contributed by atoms with E-state index in [0.29, 0.717) is 34.4 Å². The highest BCUT2D eigenvalue weighted by Gasteiger charge is 2.30. The van der Waals surface area contributed by atoms with Crippen LogP contribution in [0.1, 0.15) is 56.6 Å². The van der Waals surface area contributed by atoms with E-state index in [1.807, 2.05) is 25.1 Å². The molecule has 0 heterocycles. The number of benzene rings is 2. The summed E-state index contributed by atoms with van der Waals surface area (Å²) in [7, 11) is 3.17. The van der Waals surface area contributed by atoms with E-state index in [1.165, 1.54) is 0 Å². The minimum Gasteiger partial charge on any atom is -0.493 e. The molecule has 1 saturated carbocycles. The predicted molar refractivity (Wildman–Crippen MR) is 139 cm³/mol. The molecule has 1 atom stereocenters. The first-order chi connectivity index (χ1) is 16.9. The smallest absolute Gasteiger partial charge is 0.243 e. The molecule has 1 fully saturated rings. The summed E-state index contributed by atoms with van der Waals surface area (Å²) in [4.78, 5) is 28.4. The van der Waals surface area contributed by atoms with Crippen molar-refractivity contribution in [1.29, 1.82) is 0 Å². The van der Waals surface area contributed by atoms with Crippen molar-refractivity contribution in [3.05, 3.63) is 57.6 Å². The van der Waals surface area contributed by atoms with Gasteiger partial charge in [-0.1, -0.05) is 55.1 Å². The molecule has 0 unspecified atom stereocenters. The zero-order valence-electron chi connectivity index (χ0n) is 20.6. The third kappa shape index (κ3) is 7.28. The average Bonchev–Trinajstić information content (AvgIpc) is 3.36. The molecule has 0 saturated heterocycles. The Labute approximate surface area is 217 Å². The van der Waals surface area contributed by atoms with Crippen molar-refractivity contribution in [3.8, 4) is 11.5 Å². The molecule has 8 heteroatoms. The fourth-order valence-corrected chi connectivity index (χ4v) is 5.02. The van der Waals surface area contributed by atoms with Gasteiger partial charge in [-0.05, 0) is 61.1 Å². The van der Waals surface area contributed by atoms with Crippen LogP contribution < -0.4 is 14.8 Å². The van der Waals surface area contributed by atoms with Gasteiger partial charge in [-0.15, -0.1) is 0 Å². The molecule has 1 aliphatic carbocycles. The van der Waals surface area contributed by atoms with Crippen molar-refractivity contribution in [3.63, 3.8) is 0 Å². The number of methoxy groups -OCH3 is 2. The standard InChI is InChI=1S/C27H34Cl2N2O4/c1-4-23(27(33)30-21-7-5-6-8-21)31(17-19-11-12-20(28)16-22(19)29)26(32)14-10-18-9-13-24(34-2)25(15-18)35-3/h9,11-13,15-16,21,23H,4-8,10,14,17H2,1-3H3,(H,30,33)/t23-/m1/s1. The Morgan fingerprint density at radius 1 is 1.06 bits per heavy atom. The Morgan fingerprint density at radius 2 is 1.77 bits per heavy atom. The lowest BCUT2D eigenvalue weighted by atomic mass is 10.0. The lowest BCUT2D eigenvalue weighted by Gasteiger charge is -2.32. The van der Waals surface area contributed by atoms with Gasteiger partial charge in [0.15, 0.2) is 11.5 Å². The van der Waals surface area contributed by atoms with Crippen molar-refractivity contribution < 1.29 is 19.1 Å². The lowest BCUT2D eigenvalue weighted by Crippen LogP contribution is -2.51. The van der Waals surface area contributed by atoms with Gasteiger partial charge in [-0.25, -0.2) is 0 Å². The SMILES string of the molecule is CC[C@H](C(=O)NC1CCCC1)N(Cc1ccc(Cl)cc1Cl)C(=O)CCc1ccc(OC)c(OC)c1. The summed E-state index contributed by atoms with van der Waals surface area (Å²) in [6, 6.07) is 10.4. The van der Waals surface area contributed by atoms with Crippen LogP contribution in [0.5, 0.6) is 11.5 Å². The van der Waals surface area contributed by atoms with Gasteiger partial charge in [-0.2, -0.15) is 0 Å². The van der Waals surface area contributed by atoms with Gasteiger partial charge < -0.3 is 19.7 Å². The van der Waals surface area contributed by atoms with Crippen molar-refractivity contribution >= 4 is 35.0 Å². The Bertz CT molecular complexity index is 1020. The number of nitrogens with zero attached hydrogens (tertiary/aromatic N) is 1. The molecule has 1 aliphatic rings. The average molecular weight is 521 g/mol. The third-order valence-corrected chi connectivity index (χ3v) is 7.11. The largest absolute Gasteiger partial charge is 0.493 e. The van der Waals surface area contributed by atoms with Crippen LogP contribution in [-0.2, 0) is 22.6 Å². The molecule has 1 N–H and O–H groups in total. The molecule has 3 rings (SSSR count). The lowest BCUT2D eigenvalue weighted by molar-refractivity contribution is -0.141. The molecule has 6 nitrogen and oxygen atoms in total. The van der Waals surface area contributed by atoms with Crippen LogP contribution in [0.3, 0.4) is 0 Å². The molecular formula is C27H34Cl2N2O4. The number of ether oxygens (including phenoxy) is 2. The number of rotatable bonds is 11. The van der Waals surface area contributed by atoms with Gasteiger partial charge in [0.2, 0.25) is 11.8 Å². The Kier molecular flexibility index (Phi) is 10.1. The van der Waals surface area contributed by atoms with E-state index in [-0.39, 0.29) is 30.8 Å². The van der Waals surface area contributed by atoms with E-state index >= 15 is 0 Å². The molecule has 2 aromatic carbocycles. The fraction of sp³-hybridized carbons (Fsp3) is 0.481. The molecule has 0 aromatic heterocycles. The van der Waals surface area contributed by atoms with Gasteiger partial charge in [-0.3, -0.25) is 9.59 Å². The van der Waals surface area contributed by atoms with E-state index in [9.17, 15) is 9.59 Å². The zero-order chi connectivity index (χ0) is 25.4. The molecule has 2 amide bonds. The molecule has 0 bridgehead atoms. The normalized spacial score (nSPS) is 14.4. The van der Waals surface area contributed by atoms with Crippen molar-refractivity contribution in [2.45, 2.75) is 70.5 Å². The Hall–Kier alpha value is -2.44. The maximum Gasteiger partial charge on any atom is 0.243 e. The van der Waals surface area contributed by atoms with Gasteiger partial charge >= 0.3 is 0 Å². The van der Waals surface area contributed by atoms with E-state index in [0.717, 1.165) is 36.8 Å². The number of aryl methyl sites for hydroxylation is 1. The van der Waals surface area contributed by atoms with Crippen LogP contribution in [0.25, 0.3) is 0 Å². The number of carbonyl (C=O) groups excluding carboxylic acids is 2. The molecule has 35 heavy (non-hydrogen) atoms. The maximum absolute atomic E-state index is 13.5. The highest BCUT2D eigenvalue weighted by molar-refractivity contribution is 6.35. The van der Waals surface area contributed by atoms with E-state index in [4.69, 9.17) is 32.7 Å². The van der Waals surface area contributed by atoms with Gasteiger partial charge in [0, 0.05) is 29.1 Å². The topological polar surface area (TPSA) is 67.9 Å². The minimum atomic E-state index is -0.583. The van der Waals surface area contributed by atoms with Crippen molar-refractivity contribution in [2.24, 2.45) is 0 Å². The Balaban J connectivity index is 1.80. The molecule has 0 radical (unpaired) electrons. The van der Waals surface area contributed by atoms with E-state index < -0.39 is 6.04 Å². The second-order valence-corrected chi connectivity index (χ2v) is 9.70. The molecule has 0 spiro atoms. The number of hydrogen-bond acceptors (Lipinski definition) is 4. The number of hydrogen-bond donors (Lipinski definition) is 1. The maximum atomic E-state index is 13.5. The van der Waals surface area contributed by atoms with Crippen LogP contribution in [0.4, 0.5) is 0 Å². The predicted octanol–water partition coefficient (Wildman–Crippen LogP) is 5.81. The second-order valence-electron chi connectivity index (χ2n) is 8.86. The number of halogens is 2. The van der Waals surface area contributed by atoms with Gasteiger partial charge in [0.25, 0.3) is 0 Å². The van der Waals surface area contributed by atoms with Crippen LogP contribution in [0.2, 0.25) is 10.0 Å². The summed E-state index contributed by atoms with van der Waals surface area (Å²) in [5.74, 6) is 1.03. The van der Waals surface area contributed by atoms with E-state index in [1.54, 1.807) is 37.3 Å². The van der Waals surface area contributed by atoms with Crippen LogP contribution >= 0.6 is 23.2 Å². The number of nitrogens with one attached hydrogen (secondary N) is 1. The zero-order valence-corrected chi connectivity index (χ0v) is 22.1. The first-order valence-corrected chi connectivity index (χ1v) is 12.9. The van der Waals surface area contributed by atoms with E-state index in [2.05, 4.69) is 5.32 Å². The number of amides is 2. The summed E-state index contributed by atoms with van der Waals surface area (Å²) in [5.41, 5.74) is 1.70. The third-order valence-electron chi connectivity index (χ3n) is 6.52. The first-order valence-electron chi connectivity index (χ1n) is 12.1. The summed E-state index contributed by atoms with van der Waals surface area (Å²) < 4.78 is 10.7. The molecule has 2 aromatic rings. The van der Waals surface area contributed by atoms with Crippen molar-refractivity contribution in [1.82, 2.24) is 10.2 Å². The molecule has 0 aliphatic heterocycles. The highest BCUT2D eigenvalue weighted by atomic mass is 35.5. The molecule has 190 valence electrons. The monoisotopic (exact) mass is 520 g/mol. The fourth-order valence-electron chi connectivity index (χ4n) is 4.55. The highest BCUT2D eigenvalue weighted by Crippen LogP contribution is 2.29. The Morgan fingerprint density at radius 3 is 2.40 bits per heavy atom. The van der Waals surface area contributed by atoms with Gasteiger partial charge in [0.05, 0.1) is 14.2 Å². The quantitative estimate of drug-likeness (QED) is 0.405. The van der Waals surface area contributed by atoms with Crippen LogP contribution in [-0.4, -0.2) is 43.0 Å². The summed E-state index contributed by atoms with van der Waals surface area (Å²) in [5, 5.41) is 4.16. The molecular weight excluding hydrogens is 487 g/mol. The minimum absolute atomic E-state index is 0.107. The second kappa shape index (κ2) is 13.0. The summed E-state index contributed by atoms with van der Waals surface area (Å²) in [6.45, 7) is 2.16. The van der Waals surface area contributed by atoms with Crippen LogP contribution in [0, 0.1) is 0 Å².